The molecule has 0 atom stereocenters. The second-order valence-electron chi connectivity index (χ2n) is 6.60. The Kier molecular flexibility index (Phi) is 4.37. The molecule has 8 heteroatoms. The van der Waals surface area contributed by atoms with E-state index < -0.39 is 0 Å². The third kappa shape index (κ3) is 2.85. The Hall–Kier alpha value is -2.45. The predicted molar refractivity (Wildman–Crippen MR) is 100 cm³/mol. The molecule has 0 aliphatic carbocycles. The van der Waals surface area contributed by atoms with Crippen molar-refractivity contribution in [2.45, 2.75) is 19.8 Å². The molecule has 7 nitrogen and oxygen atoms in total. The molecule has 0 unspecified atom stereocenters. The number of H-pyrrole nitrogens is 1. The zero-order valence-electron chi connectivity index (χ0n) is 14.4. The smallest absolute Gasteiger partial charge is 0.264 e. The second-order valence-corrected chi connectivity index (χ2v) is 7.60. The Morgan fingerprint density at radius 1 is 1.46 bits per heavy atom. The summed E-state index contributed by atoms with van der Waals surface area (Å²) in [6.07, 6.45) is 3.38. The van der Waals surface area contributed by atoms with Gasteiger partial charge in [0.25, 0.3) is 11.5 Å². The van der Waals surface area contributed by atoms with Gasteiger partial charge in [0, 0.05) is 13.1 Å². The topological polar surface area (TPSA) is 105 Å². The number of piperidine rings is 1. The van der Waals surface area contributed by atoms with Crippen molar-refractivity contribution in [3.63, 3.8) is 0 Å². The van der Waals surface area contributed by atoms with Gasteiger partial charge < -0.3 is 20.0 Å². The van der Waals surface area contributed by atoms with E-state index in [4.69, 9.17) is 10.2 Å². The number of aryl methyl sites for hydroxylation is 1. The zero-order chi connectivity index (χ0) is 18.3. The van der Waals surface area contributed by atoms with Crippen LogP contribution in [0.15, 0.2) is 27.6 Å². The van der Waals surface area contributed by atoms with E-state index in [9.17, 15) is 9.59 Å². The average molecular weight is 372 g/mol. The van der Waals surface area contributed by atoms with E-state index in [1.54, 1.807) is 12.1 Å². The molecule has 3 N–H and O–H groups in total. The molecule has 0 aromatic carbocycles. The number of hydrogen-bond donors (Lipinski definition) is 2. The Labute approximate surface area is 153 Å². The third-order valence-corrected chi connectivity index (χ3v) is 6.16. The molecular formula is C18H20N4O3S. The Morgan fingerprint density at radius 3 is 2.88 bits per heavy atom. The van der Waals surface area contributed by atoms with Crippen molar-refractivity contribution in [3.8, 4) is 11.6 Å². The van der Waals surface area contributed by atoms with Crippen molar-refractivity contribution in [1.29, 1.82) is 0 Å². The van der Waals surface area contributed by atoms with Crippen molar-refractivity contribution >= 4 is 27.5 Å². The lowest BCUT2D eigenvalue weighted by atomic mass is 9.97. The van der Waals surface area contributed by atoms with Gasteiger partial charge in [0.2, 0.25) is 0 Å². The maximum absolute atomic E-state index is 13.0. The number of furan rings is 1. The fourth-order valence-corrected chi connectivity index (χ4v) is 4.54. The van der Waals surface area contributed by atoms with Crippen LogP contribution < -0.4 is 11.3 Å². The molecule has 1 saturated heterocycles. The highest BCUT2D eigenvalue weighted by atomic mass is 32.1. The molecule has 0 spiro atoms. The first-order valence-electron chi connectivity index (χ1n) is 8.65. The number of nitrogens with one attached hydrogen (secondary N) is 1. The number of carbonyl (C=O) groups is 1. The quantitative estimate of drug-likeness (QED) is 0.734. The van der Waals surface area contributed by atoms with Gasteiger partial charge in [0.05, 0.1) is 16.5 Å². The van der Waals surface area contributed by atoms with Gasteiger partial charge in [-0.2, -0.15) is 0 Å². The third-order valence-electron chi connectivity index (χ3n) is 4.98. The van der Waals surface area contributed by atoms with Gasteiger partial charge in [-0.3, -0.25) is 9.59 Å². The van der Waals surface area contributed by atoms with Crippen LogP contribution in [-0.4, -0.2) is 40.4 Å². The van der Waals surface area contributed by atoms with Crippen LogP contribution in [0.5, 0.6) is 0 Å². The van der Waals surface area contributed by atoms with Crippen LogP contribution in [0.25, 0.3) is 21.8 Å². The zero-order valence-corrected chi connectivity index (χ0v) is 15.3. The second kappa shape index (κ2) is 6.69. The molecule has 1 aliphatic rings. The van der Waals surface area contributed by atoms with E-state index in [-0.39, 0.29) is 11.5 Å². The number of fused-ring (bicyclic) bond motifs is 1. The van der Waals surface area contributed by atoms with Crippen molar-refractivity contribution in [2.24, 2.45) is 11.7 Å². The minimum absolute atomic E-state index is 0.0279. The highest BCUT2D eigenvalue weighted by Gasteiger charge is 2.27. The number of nitrogens with two attached hydrogens (primary N) is 1. The van der Waals surface area contributed by atoms with Crippen LogP contribution >= 0.6 is 11.3 Å². The van der Waals surface area contributed by atoms with Crippen LogP contribution in [0.3, 0.4) is 0 Å². The van der Waals surface area contributed by atoms with Crippen molar-refractivity contribution in [1.82, 2.24) is 14.9 Å². The molecule has 3 aromatic heterocycles. The predicted octanol–water partition coefficient (Wildman–Crippen LogP) is 2.36. The number of carbonyl (C=O) groups excluding carboxylic acids is 1. The average Bonchev–Trinajstić information content (AvgIpc) is 3.30. The van der Waals surface area contributed by atoms with Crippen LogP contribution in [0.1, 0.15) is 28.1 Å². The Morgan fingerprint density at radius 2 is 2.23 bits per heavy atom. The lowest BCUT2D eigenvalue weighted by Gasteiger charge is -2.31. The number of hydrogen-bond acceptors (Lipinski definition) is 6. The summed E-state index contributed by atoms with van der Waals surface area (Å²) in [5, 5.41) is 0.477. The number of aromatic nitrogens is 2. The highest BCUT2D eigenvalue weighted by molar-refractivity contribution is 7.20. The van der Waals surface area contributed by atoms with E-state index >= 15 is 0 Å². The fourth-order valence-electron chi connectivity index (χ4n) is 3.39. The van der Waals surface area contributed by atoms with Gasteiger partial charge in [0.1, 0.15) is 4.83 Å². The first-order valence-corrected chi connectivity index (χ1v) is 9.46. The number of amides is 1. The minimum Gasteiger partial charge on any atom is -0.461 e. The van der Waals surface area contributed by atoms with E-state index in [0.717, 1.165) is 12.8 Å². The van der Waals surface area contributed by atoms with Crippen molar-refractivity contribution in [3.05, 3.63) is 39.2 Å². The fraction of sp³-hybridized carbons (Fsp3) is 0.389. The first-order chi connectivity index (χ1) is 12.6. The molecule has 4 heterocycles. The molecule has 1 amide bonds. The largest absolute Gasteiger partial charge is 0.461 e. The lowest BCUT2D eigenvalue weighted by molar-refractivity contribution is 0.0698. The molecule has 1 aliphatic heterocycles. The molecular weight excluding hydrogens is 352 g/mol. The molecule has 0 saturated carbocycles. The highest BCUT2D eigenvalue weighted by Crippen LogP contribution is 2.30. The van der Waals surface area contributed by atoms with E-state index in [0.29, 0.717) is 57.8 Å². The summed E-state index contributed by atoms with van der Waals surface area (Å²) in [4.78, 5) is 35.7. The van der Waals surface area contributed by atoms with E-state index in [1.165, 1.54) is 17.6 Å². The molecule has 26 heavy (non-hydrogen) atoms. The van der Waals surface area contributed by atoms with Crippen LogP contribution in [-0.2, 0) is 0 Å². The molecule has 0 radical (unpaired) electrons. The molecule has 4 rings (SSSR count). The molecule has 0 bridgehead atoms. The molecule has 136 valence electrons. The van der Waals surface area contributed by atoms with E-state index in [2.05, 4.69) is 9.97 Å². The van der Waals surface area contributed by atoms with Crippen LogP contribution in [0, 0.1) is 12.8 Å². The number of likely N-dealkylation sites (tertiary alicyclic amines) is 1. The maximum atomic E-state index is 13.0. The summed E-state index contributed by atoms with van der Waals surface area (Å²) in [7, 11) is 0. The van der Waals surface area contributed by atoms with Crippen molar-refractivity contribution in [2.75, 3.05) is 19.6 Å². The normalized spacial score (nSPS) is 15.7. The number of rotatable bonds is 3. The summed E-state index contributed by atoms with van der Waals surface area (Å²) in [5.74, 6) is 1.33. The molecule has 1 fully saturated rings. The maximum Gasteiger partial charge on any atom is 0.264 e. The summed E-state index contributed by atoms with van der Waals surface area (Å²) < 4.78 is 5.31. The van der Waals surface area contributed by atoms with Gasteiger partial charge in [0.15, 0.2) is 11.6 Å². The Balaban J connectivity index is 1.70. The Bertz CT molecular complexity index is 998. The number of aromatic amines is 1. The number of thiophene rings is 1. The van der Waals surface area contributed by atoms with Gasteiger partial charge in [-0.05, 0) is 49.9 Å². The lowest BCUT2D eigenvalue weighted by Crippen LogP contribution is -2.40. The minimum atomic E-state index is -0.254. The van der Waals surface area contributed by atoms with Crippen LogP contribution in [0.4, 0.5) is 0 Å². The van der Waals surface area contributed by atoms with Gasteiger partial charge in [-0.25, -0.2) is 4.98 Å². The standard InChI is InChI=1S/C18H20N4O3S/c1-10-13-16(23)20-15(12-3-2-8-25-12)21-17(13)26-14(10)18(24)22-6-4-11(9-19)5-7-22/h2-3,8,11H,4-7,9,19H2,1H3,(H,20,21,23). The first kappa shape index (κ1) is 17.0. The van der Waals surface area contributed by atoms with Crippen molar-refractivity contribution < 1.29 is 9.21 Å². The van der Waals surface area contributed by atoms with Gasteiger partial charge >= 0.3 is 0 Å². The van der Waals surface area contributed by atoms with Gasteiger partial charge in [-0.15, -0.1) is 11.3 Å². The summed E-state index contributed by atoms with van der Waals surface area (Å²) in [6, 6.07) is 3.47. The summed E-state index contributed by atoms with van der Waals surface area (Å²) in [6.45, 7) is 3.88. The van der Waals surface area contributed by atoms with Gasteiger partial charge in [-0.1, -0.05) is 0 Å². The summed E-state index contributed by atoms with van der Waals surface area (Å²) >= 11 is 1.27. The number of nitrogens with zero attached hydrogens (tertiary/aromatic N) is 2. The van der Waals surface area contributed by atoms with E-state index in [1.807, 2.05) is 11.8 Å². The van der Waals surface area contributed by atoms with Crippen LogP contribution in [0.2, 0.25) is 0 Å². The monoisotopic (exact) mass is 372 g/mol. The molecule has 3 aromatic rings. The SMILES string of the molecule is Cc1c(C(=O)N2CCC(CN)CC2)sc2nc(-c3ccco3)[nH]c(=O)c12. The summed E-state index contributed by atoms with van der Waals surface area (Å²) in [5.41, 5.74) is 6.16.